The summed E-state index contributed by atoms with van der Waals surface area (Å²) in [6.45, 7) is 0.347. The molecule has 0 aromatic heterocycles. The first-order chi connectivity index (χ1) is 14.7. The van der Waals surface area contributed by atoms with Gasteiger partial charge in [-0.05, 0) is 0 Å². The van der Waals surface area contributed by atoms with Gasteiger partial charge in [-0.2, -0.15) is 8.42 Å². The van der Waals surface area contributed by atoms with Gasteiger partial charge >= 0.3 is 0 Å². The number of hydrogen-bond donors (Lipinski definition) is 9. The van der Waals surface area contributed by atoms with Crippen LogP contribution in [0.25, 0.3) is 0 Å². The van der Waals surface area contributed by atoms with Crippen molar-refractivity contribution < 1.29 is 62.7 Å². The molecule has 0 aromatic carbocycles. The molecule has 188 valence electrons. The van der Waals surface area contributed by atoms with Crippen LogP contribution in [0.4, 0.5) is 0 Å². The predicted molar refractivity (Wildman–Crippen MR) is 103 cm³/mol. The van der Waals surface area contributed by atoms with E-state index in [1.165, 1.54) is 0 Å². The van der Waals surface area contributed by atoms with E-state index in [1.54, 1.807) is 0 Å². The Balaban J connectivity index is 3.27. The minimum Gasteiger partial charge on any atom is -0.394 e. The summed E-state index contributed by atoms with van der Waals surface area (Å²) >= 11 is 0. The summed E-state index contributed by atoms with van der Waals surface area (Å²) in [7, 11) is -4.70. The molecule has 1 aliphatic rings. The number of hydrogen-bond acceptors (Lipinski definition) is 12. The van der Waals surface area contributed by atoms with E-state index in [4.69, 9.17) is 14.0 Å². The van der Waals surface area contributed by atoms with Gasteiger partial charge in [-0.15, -0.1) is 0 Å². The maximum absolute atomic E-state index is 11.5. The number of rotatable bonds is 11. The topological polar surface area (TPSA) is 252 Å². The molecule has 0 bridgehead atoms. The summed E-state index contributed by atoms with van der Waals surface area (Å²) in [5.41, 5.74) is 0. The second-order valence-electron chi connectivity index (χ2n) is 7.33. The van der Waals surface area contributed by atoms with Crippen LogP contribution >= 0.6 is 0 Å². The third-order valence-electron chi connectivity index (χ3n) is 4.64. The Morgan fingerprint density at radius 2 is 1.66 bits per heavy atom. The van der Waals surface area contributed by atoms with E-state index in [2.05, 4.69) is 10.6 Å². The molecule has 1 saturated heterocycles. The molecule has 1 heterocycles. The van der Waals surface area contributed by atoms with Crippen LogP contribution in [0, 0.1) is 0 Å². The Morgan fingerprint density at radius 1 is 1.06 bits per heavy atom. The monoisotopic (exact) mass is 490 g/mol. The van der Waals surface area contributed by atoms with Crippen LogP contribution in [0.1, 0.15) is 13.8 Å². The lowest BCUT2D eigenvalue weighted by Crippen LogP contribution is -2.66. The second-order valence-corrected chi connectivity index (χ2v) is 8.83. The first-order valence-electron chi connectivity index (χ1n) is 9.46. The zero-order chi connectivity index (χ0) is 24.8. The molecule has 0 radical (unpaired) electrons. The van der Waals surface area contributed by atoms with Gasteiger partial charge in [0, 0.05) is 13.8 Å². The molecule has 0 saturated carbocycles. The normalized spacial score (nSPS) is 30.1. The van der Waals surface area contributed by atoms with Crippen molar-refractivity contribution >= 4 is 21.9 Å². The number of carbonyl (C=O) groups is 2. The van der Waals surface area contributed by atoms with Gasteiger partial charge < -0.3 is 50.7 Å². The molecule has 0 aliphatic carbocycles. The molecule has 1 aliphatic heterocycles. The van der Waals surface area contributed by atoms with Gasteiger partial charge in [-0.1, -0.05) is 0 Å². The van der Waals surface area contributed by atoms with E-state index in [9.17, 15) is 48.6 Å². The zero-order valence-corrected chi connectivity index (χ0v) is 18.1. The van der Waals surface area contributed by atoms with Gasteiger partial charge in [0.15, 0.2) is 6.29 Å². The van der Waals surface area contributed by atoms with E-state index in [0.29, 0.717) is 0 Å². The van der Waals surface area contributed by atoms with Gasteiger partial charge in [-0.3, -0.25) is 14.1 Å². The number of carbonyl (C=O) groups excluding carboxylic acids is 2. The van der Waals surface area contributed by atoms with Gasteiger partial charge in [0.25, 0.3) is 10.1 Å². The molecule has 32 heavy (non-hydrogen) atoms. The minimum absolute atomic E-state index is 0.655. The van der Waals surface area contributed by atoms with Gasteiger partial charge in [0.05, 0.1) is 19.3 Å². The van der Waals surface area contributed by atoms with Gasteiger partial charge in [0.1, 0.15) is 48.4 Å². The number of amides is 2. The van der Waals surface area contributed by atoms with Crippen LogP contribution in [-0.4, -0.2) is 129 Å². The third kappa shape index (κ3) is 8.14. The molecule has 1 fully saturated rings. The number of ether oxygens (including phenoxy) is 2. The summed E-state index contributed by atoms with van der Waals surface area (Å²) in [6.07, 6.45) is -12.8. The molecule has 0 unspecified atom stereocenters. The fourth-order valence-electron chi connectivity index (χ4n) is 3.17. The highest BCUT2D eigenvalue weighted by Gasteiger charge is 2.49. The molecule has 9 N–H and O–H groups in total. The lowest BCUT2D eigenvalue weighted by atomic mass is 9.96. The largest absolute Gasteiger partial charge is 0.394 e. The number of aliphatic hydroxyl groups is 6. The molecule has 9 atom stereocenters. The summed E-state index contributed by atoms with van der Waals surface area (Å²) in [5, 5.41) is 64.4. The van der Waals surface area contributed by atoms with E-state index in [-0.39, 0.29) is 0 Å². The molecule has 0 spiro atoms. The summed E-state index contributed by atoms with van der Waals surface area (Å²) in [5.74, 6) is -2.55. The predicted octanol–water partition coefficient (Wildman–Crippen LogP) is -5.58. The quantitative estimate of drug-likeness (QED) is 0.123. The van der Waals surface area contributed by atoms with Crippen molar-refractivity contribution in [1.82, 2.24) is 10.6 Å². The van der Waals surface area contributed by atoms with Crippen molar-refractivity contribution in [3.05, 3.63) is 0 Å². The molecule has 1 rings (SSSR count). The van der Waals surface area contributed by atoms with E-state index < -0.39 is 95.9 Å². The van der Waals surface area contributed by atoms with Crippen molar-refractivity contribution in [2.75, 3.05) is 19.0 Å². The SMILES string of the molecule is CC(=O)N[C@H]1[C@H](O[C@@H]([C@H](O)[C@H](CO)NC(C)=O)[C@H](O)CO)O[C@H](CS(=O)(=O)O)[C@H](O)[C@@H]1O. The fraction of sp³-hybridized carbons (Fsp3) is 0.875. The van der Waals surface area contributed by atoms with Crippen molar-refractivity contribution in [1.29, 1.82) is 0 Å². The number of nitrogens with one attached hydrogen (secondary N) is 2. The lowest BCUT2D eigenvalue weighted by molar-refractivity contribution is -0.292. The van der Waals surface area contributed by atoms with Crippen molar-refractivity contribution in [3.63, 3.8) is 0 Å². The van der Waals surface area contributed by atoms with Crippen LogP contribution < -0.4 is 10.6 Å². The Kier molecular flexibility index (Phi) is 10.8. The van der Waals surface area contributed by atoms with E-state index >= 15 is 0 Å². The van der Waals surface area contributed by atoms with Crippen LogP contribution in [-0.2, 0) is 29.2 Å². The molecular weight excluding hydrogens is 460 g/mol. The summed E-state index contributed by atoms with van der Waals surface area (Å²) in [6, 6.07) is -2.93. The Labute approximate surface area is 183 Å². The Morgan fingerprint density at radius 3 is 2.09 bits per heavy atom. The molecular formula is C16H30N2O13S. The highest BCUT2D eigenvalue weighted by Crippen LogP contribution is 2.26. The van der Waals surface area contributed by atoms with Crippen molar-refractivity contribution in [2.24, 2.45) is 0 Å². The zero-order valence-electron chi connectivity index (χ0n) is 17.3. The first-order valence-corrected chi connectivity index (χ1v) is 11.1. The standard InChI is InChI=1S/C16H30N2O13S/c1-6(21)17-8(3-19)12(24)15(9(23)4-20)31-16-11(18-7(2)22)14(26)13(25)10(30-16)5-32(27,28)29/h8-16,19-20,23-26H,3-5H2,1-2H3,(H,17,21)(H,18,22)(H,27,28,29)/t8-,9+,10+,11+,12+,13-,14+,15+,16-/m0/s1. The summed E-state index contributed by atoms with van der Waals surface area (Å²) < 4.78 is 42.2. The molecule has 0 aromatic rings. The highest BCUT2D eigenvalue weighted by molar-refractivity contribution is 7.85. The summed E-state index contributed by atoms with van der Waals surface area (Å²) in [4.78, 5) is 22.8. The molecule has 16 heteroatoms. The van der Waals surface area contributed by atoms with Crippen LogP contribution in [0.2, 0.25) is 0 Å². The highest BCUT2D eigenvalue weighted by atomic mass is 32.2. The van der Waals surface area contributed by atoms with Crippen molar-refractivity contribution in [2.45, 2.75) is 68.8 Å². The fourth-order valence-corrected chi connectivity index (χ4v) is 3.86. The van der Waals surface area contributed by atoms with E-state index in [0.717, 1.165) is 13.8 Å². The van der Waals surface area contributed by atoms with Gasteiger partial charge in [0.2, 0.25) is 11.8 Å². The first kappa shape index (κ1) is 28.6. The molecule has 15 nitrogen and oxygen atoms in total. The lowest BCUT2D eigenvalue weighted by Gasteiger charge is -2.44. The second kappa shape index (κ2) is 12.1. The average molecular weight is 490 g/mol. The van der Waals surface area contributed by atoms with Crippen molar-refractivity contribution in [3.8, 4) is 0 Å². The van der Waals surface area contributed by atoms with Crippen LogP contribution in [0.5, 0.6) is 0 Å². The van der Waals surface area contributed by atoms with E-state index in [1.807, 2.05) is 0 Å². The third-order valence-corrected chi connectivity index (χ3v) is 5.39. The van der Waals surface area contributed by atoms with Gasteiger partial charge in [-0.25, -0.2) is 0 Å². The Hall–Kier alpha value is -1.47. The average Bonchev–Trinajstić information content (AvgIpc) is 2.68. The smallest absolute Gasteiger partial charge is 0.267 e. The number of aliphatic hydroxyl groups excluding tert-OH is 6. The molecule has 2 amide bonds. The minimum atomic E-state index is -4.70. The maximum atomic E-state index is 11.5. The Bertz CT molecular complexity index is 735. The van der Waals surface area contributed by atoms with Crippen LogP contribution in [0.15, 0.2) is 0 Å². The van der Waals surface area contributed by atoms with Crippen LogP contribution in [0.3, 0.4) is 0 Å². The maximum Gasteiger partial charge on any atom is 0.267 e.